The number of rotatable bonds is 11. The molecule has 0 spiro atoms. The maximum absolute atomic E-state index is 10.4. The van der Waals surface area contributed by atoms with Crippen LogP contribution in [0.1, 0.15) is 63.5 Å². The van der Waals surface area contributed by atoms with Gasteiger partial charge >= 0.3 is 0 Å². The zero-order chi connectivity index (χ0) is 21.2. The Hall–Kier alpha value is -1.42. The highest BCUT2D eigenvalue weighted by atomic mass is 16.3. The molecule has 1 aromatic carbocycles. The largest absolute Gasteiger partial charge is 0.393 e. The minimum Gasteiger partial charge on any atom is -0.393 e. The van der Waals surface area contributed by atoms with Crippen LogP contribution in [0.2, 0.25) is 0 Å². The molecule has 0 radical (unpaired) electrons. The fraction of sp³-hybridized carbons (Fsp3) is 0.615. The molecule has 2 rings (SSSR count). The number of aliphatic hydroxyl groups is 3. The van der Waals surface area contributed by atoms with Gasteiger partial charge in [0.25, 0.3) is 0 Å². The second-order valence-electron chi connectivity index (χ2n) is 9.12. The molecule has 0 heterocycles. The monoisotopic (exact) mass is 400 g/mol. The van der Waals surface area contributed by atoms with Crippen molar-refractivity contribution in [3.63, 3.8) is 0 Å². The van der Waals surface area contributed by atoms with Crippen molar-refractivity contribution in [2.45, 2.75) is 84.0 Å². The molecule has 0 bridgehead atoms. The van der Waals surface area contributed by atoms with Gasteiger partial charge in [-0.3, -0.25) is 0 Å². The summed E-state index contributed by atoms with van der Waals surface area (Å²) in [5.41, 5.74) is 2.46. The van der Waals surface area contributed by atoms with E-state index in [-0.39, 0.29) is 11.8 Å². The molecule has 162 valence electrons. The van der Waals surface area contributed by atoms with Crippen molar-refractivity contribution in [3.05, 3.63) is 59.7 Å². The topological polar surface area (TPSA) is 60.7 Å². The predicted molar refractivity (Wildman–Crippen MR) is 121 cm³/mol. The van der Waals surface area contributed by atoms with Gasteiger partial charge in [-0.15, -0.1) is 0 Å². The Morgan fingerprint density at radius 1 is 1.10 bits per heavy atom. The van der Waals surface area contributed by atoms with E-state index >= 15 is 0 Å². The van der Waals surface area contributed by atoms with Crippen LogP contribution in [0.15, 0.2) is 48.6 Å². The molecular weight excluding hydrogens is 360 g/mol. The lowest BCUT2D eigenvalue weighted by atomic mass is 9.89. The van der Waals surface area contributed by atoms with E-state index in [1.54, 1.807) is 6.08 Å². The fourth-order valence-electron chi connectivity index (χ4n) is 4.26. The van der Waals surface area contributed by atoms with Crippen LogP contribution < -0.4 is 0 Å². The maximum atomic E-state index is 10.4. The molecule has 1 aliphatic carbocycles. The van der Waals surface area contributed by atoms with E-state index in [2.05, 4.69) is 51.1 Å². The summed E-state index contributed by atoms with van der Waals surface area (Å²) in [6.45, 7) is 6.56. The minimum atomic E-state index is -0.537. The fourth-order valence-corrected chi connectivity index (χ4v) is 4.26. The van der Waals surface area contributed by atoms with E-state index in [1.165, 1.54) is 24.0 Å². The number of hydrogen-bond acceptors (Lipinski definition) is 3. The van der Waals surface area contributed by atoms with E-state index in [1.807, 2.05) is 12.1 Å². The van der Waals surface area contributed by atoms with Crippen molar-refractivity contribution < 1.29 is 15.3 Å². The number of hydrogen-bond donors (Lipinski definition) is 3. The maximum Gasteiger partial charge on any atom is 0.0724 e. The Labute approximate surface area is 177 Å². The van der Waals surface area contributed by atoms with E-state index in [0.29, 0.717) is 12.8 Å². The first kappa shape index (κ1) is 23.9. The molecular formula is C26H40O3. The Balaban J connectivity index is 1.82. The van der Waals surface area contributed by atoms with Crippen molar-refractivity contribution >= 4 is 0 Å². The van der Waals surface area contributed by atoms with Crippen LogP contribution in [0.25, 0.3) is 0 Å². The van der Waals surface area contributed by atoms with E-state index in [0.717, 1.165) is 25.2 Å². The van der Waals surface area contributed by atoms with Gasteiger partial charge in [0, 0.05) is 12.3 Å². The van der Waals surface area contributed by atoms with Crippen molar-refractivity contribution in [3.8, 4) is 0 Å². The molecule has 1 aliphatic rings. The Kier molecular flexibility index (Phi) is 10.1. The van der Waals surface area contributed by atoms with Crippen LogP contribution in [0.3, 0.4) is 0 Å². The average molecular weight is 401 g/mol. The lowest BCUT2D eigenvalue weighted by Crippen LogP contribution is -2.20. The SMILES string of the molecule is Cc1cccc(CC[C@H](O)/C=C/[C@@H]2[C@@H](C/C=C\CCCC(C)C)[C@@H](O)C[C@H]2O)c1. The van der Waals surface area contributed by atoms with Crippen LogP contribution in [0.5, 0.6) is 0 Å². The Morgan fingerprint density at radius 3 is 2.62 bits per heavy atom. The third-order valence-electron chi connectivity index (χ3n) is 6.01. The molecule has 1 fully saturated rings. The first-order valence-electron chi connectivity index (χ1n) is 11.3. The summed E-state index contributed by atoms with van der Waals surface area (Å²) in [5, 5.41) is 31.1. The van der Waals surface area contributed by atoms with Gasteiger partial charge in [0.1, 0.15) is 0 Å². The number of aryl methyl sites for hydroxylation is 2. The quantitative estimate of drug-likeness (QED) is 0.363. The third-order valence-corrected chi connectivity index (χ3v) is 6.01. The van der Waals surface area contributed by atoms with Gasteiger partial charge in [-0.2, -0.15) is 0 Å². The van der Waals surface area contributed by atoms with Gasteiger partial charge in [-0.1, -0.05) is 74.4 Å². The van der Waals surface area contributed by atoms with Crippen molar-refractivity contribution in [1.29, 1.82) is 0 Å². The van der Waals surface area contributed by atoms with Gasteiger partial charge in [0.05, 0.1) is 18.3 Å². The first-order chi connectivity index (χ1) is 13.9. The summed E-state index contributed by atoms with van der Waals surface area (Å²) >= 11 is 0. The summed E-state index contributed by atoms with van der Waals surface area (Å²) < 4.78 is 0. The summed E-state index contributed by atoms with van der Waals surface area (Å²) in [7, 11) is 0. The molecule has 1 saturated carbocycles. The van der Waals surface area contributed by atoms with Gasteiger partial charge in [-0.25, -0.2) is 0 Å². The van der Waals surface area contributed by atoms with Gasteiger partial charge in [0.2, 0.25) is 0 Å². The molecule has 0 aromatic heterocycles. The molecule has 29 heavy (non-hydrogen) atoms. The highest BCUT2D eigenvalue weighted by Gasteiger charge is 2.39. The second-order valence-corrected chi connectivity index (χ2v) is 9.12. The Morgan fingerprint density at radius 2 is 1.90 bits per heavy atom. The molecule has 0 amide bonds. The van der Waals surface area contributed by atoms with E-state index < -0.39 is 18.3 Å². The molecule has 0 unspecified atom stereocenters. The van der Waals surface area contributed by atoms with Crippen LogP contribution in [-0.4, -0.2) is 33.6 Å². The number of aliphatic hydroxyl groups excluding tert-OH is 3. The summed E-state index contributed by atoms with van der Waals surface area (Å²) in [6, 6.07) is 8.36. The average Bonchev–Trinajstić information content (AvgIpc) is 2.93. The Bertz CT molecular complexity index is 649. The first-order valence-corrected chi connectivity index (χ1v) is 11.3. The smallest absolute Gasteiger partial charge is 0.0724 e. The van der Waals surface area contributed by atoms with E-state index in [4.69, 9.17) is 0 Å². The zero-order valence-corrected chi connectivity index (χ0v) is 18.4. The molecule has 3 heteroatoms. The highest BCUT2D eigenvalue weighted by molar-refractivity contribution is 5.22. The summed E-state index contributed by atoms with van der Waals surface area (Å²) in [5.74, 6) is 0.660. The van der Waals surface area contributed by atoms with Gasteiger partial charge in [-0.05, 0) is 56.4 Å². The molecule has 1 aromatic rings. The van der Waals surface area contributed by atoms with Crippen molar-refractivity contribution in [2.24, 2.45) is 17.8 Å². The summed E-state index contributed by atoms with van der Waals surface area (Å²) in [6.07, 6.45) is 12.7. The van der Waals surface area contributed by atoms with Gasteiger partial charge < -0.3 is 15.3 Å². The van der Waals surface area contributed by atoms with E-state index in [9.17, 15) is 15.3 Å². The molecule has 0 aliphatic heterocycles. The number of unbranched alkanes of at least 4 members (excludes halogenated alkanes) is 1. The lowest BCUT2D eigenvalue weighted by Gasteiger charge is -2.19. The molecule has 0 saturated heterocycles. The summed E-state index contributed by atoms with van der Waals surface area (Å²) in [4.78, 5) is 0. The second kappa shape index (κ2) is 12.3. The number of allylic oxidation sites excluding steroid dienone is 2. The molecule has 3 N–H and O–H groups in total. The highest BCUT2D eigenvalue weighted by Crippen LogP contribution is 2.36. The van der Waals surface area contributed by atoms with Crippen LogP contribution in [0, 0.1) is 24.7 Å². The van der Waals surface area contributed by atoms with Crippen LogP contribution >= 0.6 is 0 Å². The van der Waals surface area contributed by atoms with Crippen molar-refractivity contribution in [1.82, 2.24) is 0 Å². The standard InChI is InChI=1S/C26H40O3/c1-19(2)9-6-4-5-7-12-23-24(26(29)18-25(23)28)16-15-22(27)14-13-21-11-8-10-20(3)17-21/h5,7-8,10-11,15-17,19,22-29H,4,6,9,12-14,18H2,1-3H3/b7-5-,16-15+/t22-,23+,24+,25-,26+/m0/s1. The lowest BCUT2D eigenvalue weighted by molar-refractivity contribution is 0.120. The molecule has 3 nitrogen and oxygen atoms in total. The number of benzene rings is 1. The molecule has 5 atom stereocenters. The normalized spacial score (nSPS) is 26.2. The van der Waals surface area contributed by atoms with Crippen LogP contribution in [-0.2, 0) is 6.42 Å². The van der Waals surface area contributed by atoms with Crippen molar-refractivity contribution in [2.75, 3.05) is 0 Å². The zero-order valence-electron chi connectivity index (χ0n) is 18.4. The third kappa shape index (κ3) is 8.46. The minimum absolute atomic E-state index is 0.0200. The predicted octanol–water partition coefficient (Wildman–Crippen LogP) is 4.98. The van der Waals surface area contributed by atoms with Gasteiger partial charge in [0.15, 0.2) is 0 Å². The van der Waals surface area contributed by atoms with Crippen LogP contribution in [0.4, 0.5) is 0 Å².